The number of amides is 1. The Hall–Kier alpha value is -2.11. The molecule has 0 radical (unpaired) electrons. The molecule has 6 heteroatoms. The molecule has 2 aromatic heterocycles. The van der Waals surface area contributed by atoms with Crippen molar-refractivity contribution in [3.63, 3.8) is 0 Å². The molecular weight excluding hydrogens is 292 g/mol. The summed E-state index contributed by atoms with van der Waals surface area (Å²) in [4.78, 5) is 14.1. The van der Waals surface area contributed by atoms with Gasteiger partial charge in [-0.25, -0.2) is 4.79 Å². The molecule has 1 fully saturated rings. The van der Waals surface area contributed by atoms with E-state index in [0.717, 1.165) is 43.8 Å². The minimum absolute atomic E-state index is 0.215. The zero-order valence-corrected chi connectivity index (χ0v) is 14.0. The number of aromatic nitrogens is 3. The number of hydrogen-bond acceptors (Lipinski definition) is 4. The largest absolute Gasteiger partial charge is 0.444 e. The monoisotopic (exact) mass is 316 g/mol. The second kappa shape index (κ2) is 6.18. The molecule has 0 unspecified atom stereocenters. The van der Waals surface area contributed by atoms with Gasteiger partial charge in [0.1, 0.15) is 11.4 Å². The smallest absolute Gasteiger partial charge is 0.410 e. The van der Waals surface area contributed by atoms with Crippen molar-refractivity contribution in [2.24, 2.45) is 5.92 Å². The maximum Gasteiger partial charge on any atom is 0.410 e. The van der Waals surface area contributed by atoms with Crippen LogP contribution in [0.5, 0.6) is 0 Å². The molecular formula is C17H24N4O2. The summed E-state index contributed by atoms with van der Waals surface area (Å²) >= 11 is 0. The lowest BCUT2D eigenvalue weighted by Crippen LogP contribution is -2.43. The first-order valence-electron chi connectivity index (χ1n) is 8.19. The molecule has 1 aliphatic heterocycles. The van der Waals surface area contributed by atoms with E-state index in [4.69, 9.17) is 4.74 Å². The summed E-state index contributed by atoms with van der Waals surface area (Å²) in [7, 11) is 0. The molecule has 0 aromatic carbocycles. The maximum absolute atomic E-state index is 12.2. The molecule has 0 N–H and O–H groups in total. The molecule has 1 aliphatic rings. The topological polar surface area (TPSA) is 59.7 Å². The van der Waals surface area contributed by atoms with E-state index >= 15 is 0 Å². The van der Waals surface area contributed by atoms with Crippen LogP contribution < -0.4 is 0 Å². The maximum atomic E-state index is 12.2. The van der Waals surface area contributed by atoms with E-state index in [1.54, 1.807) is 0 Å². The van der Waals surface area contributed by atoms with E-state index in [-0.39, 0.29) is 6.09 Å². The number of rotatable bonds is 2. The van der Waals surface area contributed by atoms with Gasteiger partial charge in [-0.2, -0.15) is 0 Å². The summed E-state index contributed by atoms with van der Waals surface area (Å²) < 4.78 is 7.51. The first-order valence-corrected chi connectivity index (χ1v) is 8.19. The van der Waals surface area contributed by atoms with E-state index in [0.29, 0.717) is 5.92 Å². The van der Waals surface area contributed by atoms with E-state index < -0.39 is 5.60 Å². The van der Waals surface area contributed by atoms with Crippen LogP contribution in [0.25, 0.3) is 5.65 Å². The van der Waals surface area contributed by atoms with Gasteiger partial charge in [0.15, 0.2) is 5.65 Å². The molecule has 0 spiro atoms. The van der Waals surface area contributed by atoms with Gasteiger partial charge in [-0.15, -0.1) is 10.2 Å². The fraction of sp³-hybridized carbons (Fsp3) is 0.588. The standard InChI is InChI=1S/C17H24N4O2/c1-17(2,3)23-16(22)20-9-6-7-13(12-20)11-15-19-18-14-8-4-5-10-21(14)15/h4-5,8,10,13H,6-7,9,11-12H2,1-3H3/t13-/m1/s1. The highest BCUT2D eigenvalue weighted by molar-refractivity contribution is 5.68. The summed E-state index contributed by atoms with van der Waals surface area (Å²) in [6.07, 6.45) is 4.69. The van der Waals surface area contributed by atoms with Crippen LogP contribution in [0.4, 0.5) is 4.79 Å². The van der Waals surface area contributed by atoms with Gasteiger partial charge < -0.3 is 9.64 Å². The van der Waals surface area contributed by atoms with Crippen LogP contribution in [0.2, 0.25) is 0 Å². The molecule has 3 heterocycles. The quantitative estimate of drug-likeness (QED) is 0.855. The molecule has 0 aliphatic carbocycles. The van der Waals surface area contributed by atoms with Gasteiger partial charge in [-0.1, -0.05) is 6.07 Å². The van der Waals surface area contributed by atoms with E-state index in [2.05, 4.69) is 10.2 Å². The number of carbonyl (C=O) groups is 1. The lowest BCUT2D eigenvalue weighted by atomic mass is 9.95. The van der Waals surface area contributed by atoms with Gasteiger partial charge in [0.05, 0.1) is 0 Å². The number of likely N-dealkylation sites (tertiary alicyclic amines) is 1. The summed E-state index contributed by atoms with van der Waals surface area (Å²) in [5.74, 6) is 1.35. The number of nitrogens with zero attached hydrogens (tertiary/aromatic N) is 4. The molecule has 3 rings (SSSR count). The molecule has 124 valence electrons. The Labute approximate surface area is 136 Å². The predicted octanol–water partition coefficient (Wildman–Crippen LogP) is 2.92. The van der Waals surface area contributed by atoms with Gasteiger partial charge >= 0.3 is 6.09 Å². The zero-order chi connectivity index (χ0) is 16.4. The number of ether oxygens (including phenoxy) is 1. The van der Waals surface area contributed by atoms with Gasteiger partial charge in [-0.05, 0) is 51.7 Å². The first kappa shape index (κ1) is 15.8. The van der Waals surface area contributed by atoms with Crippen molar-refractivity contribution in [1.82, 2.24) is 19.5 Å². The number of carbonyl (C=O) groups excluding carboxylic acids is 1. The molecule has 1 amide bonds. The van der Waals surface area contributed by atoms with Crippen LogP contribution in [0, 0.1) is 5.92 Å². The Morgan fingerprint density at radius 3 is 2.96 bits per heavy atom. The van der Waals surface area contributed by atoms with Gasteiger partial charge in [0.25, 0.3) is 0 Å². The molecule has 6 nitrogen and oxygen atoms in total. The lowest BCUT2D eigenvalue weighted by Gasteiger charge is -2.33. The lowest BCUT2D eigenvalue weighted by molar-refractivity contribution is 0.0165. The Morgan fingerprint density at radius 2 is 2.17 bits per heavy atom. The Morgan fingerprint density at radius 1 is 1.35 bits per heavy atom. The molecule has 23 heavy (non-hydrogen) atoms. The van der Waals surface area contributed by atoms with E-state index in [1.165, 1.54) is 0 Å². The summed E-state index contributed by atoms with van der Waals surface area (Å²) in [5.41, 5.74) is 0.412. The second-order valence-corrected chi connectivity index (χ2v) is 7.18. The van der Waals surface area contributed by atoms with Gasteiger partial charge in [0.2, 0.25) is 0 Å². The number of pyridine rings is 1. The Bertz CT molecular complexity index is 689. The van der Waals surface area contributed by atoms with Crippen LogP contribution in [0.1, 0.15) is 39.4 Å². The van der Waals surface area contributed by atoms with Crippen molar-refractivity contribution in [3.8, 4) is 0 Å². The average Bonchev–Trinajstić information content (AvgIpc) is 2.89. The van der Waals surface area contributed by atoms with E-state index in [9.17, 15) is 4.79 Å². The Balaban J connectivity index is 1.66. The fourth-order valence-electron chi connectivity index (χ4n) is 3.01. The molecule has 1 saturated heterocycles. The highest BCUT2D eigenvalue weighted by Crippen LogP contribution is 2.22. The van der Waals surface area contributed by atoms with Crippen molar-refractivity contribution >= 4 is 11.7 Å². The number of piperidine rings is 1. The van der Waals surface area contributed by atoms with Crippen LogP contribution in [-0.2, 0) is 11.2 Å². The summed E-state index contributed by atoms with van der Waals surface area (Å²) in [6.45, 7) is 7.18. The first-order chi connectivity index (χ1) is 10.9. The van der Waals surface area contributed by atoms with Crippen LogP contribution in [0.15, 0.2) is 24.4 Å². The van der Waals surface area contributed by atoms with E-state index in [1.807, 2.05) is 54.5 Å². The van der Waals surface area contributed by atoms with Crippen molar-refractivity contribution in [1.29, 1.82) is 0 Å². The molecule has 0 saturated carbocycles. The van der Waals surface area contributed by atoms with Crippen molar-refractivity contribution < 1.29 is 9.53 Å². The minimum Gasteiger partial charge on any atom is -0.444 e. The van der Waals surface area contributed by atoms with Crippen molar-refractivity contribution in [2.45, 2.75) is 45.6 Å². The second-order valence-electron chi connectivity index (χ2n) is 7.18. The third kappa shape index (κ3) is 3.81. The minimum atomic E-state index is -0.451. The molecule has 0 bridgehead atoms. The molecule has 2 aromatic rings. The summed E-state index contributed by atoms with van der Waals surface area (Å²) in [5, 5.41) is 8.49. The predicted molar refractivity (Wildman–Crippen MR) is 87.2 cm³/mol. The van der Waals surface area contributed by atoms with Crippen molar-refractivity contribution in [3.05, 3.63) is 30.2 Å². The average molecular weight is 316 g/mol. The van der Waals surface area contributed by atoms with Crippen LogP contribution >= 0.6 is 0 Å². The van der Waals surface area contributed by atoms with Gasteiger partial charge in [-0.3, -0.25) is 4.40 Å². The third-order valence-electron chi connectivity index (χ3n) is 4.03. The van der Waals surface area contributed by atoms with Gasteiger partial charge in [0, 0.05) is 25.7 Å². The fourth-order valence-corrected chi connectivity index (χ4v) is 3.01. The Kier molecular flexibility index (Phi) is 4.24. The highest BCUT2D eigenvalue weighted by atomic mass is 16.6. The number of fused-ring (bicyclic) bond motifs is 1. The van der Waals surface area contributed by atoms with Crippen LogP contribution in [0.3, 0.4) is 0 Å². The van der Waals surface area contributed by atoms with Crippen molar-refractivity contribution in [2.75, 3.05) is 13.1 Å². The van der Waals surface area contributed by atoms with Crippen LogP contribution in [-0.4, -0.2) is 44.3 Å². The SMILES string of the molecule is CC(C)(C)OC(=O)N1CCC[C@H](Cc2nnc3ccccn23)C1. The zero-order valence-electron chi connectivity index (χ0n) is 14.0. The normalized spacial score (nSPS) is 19.1. The summed E-state index contributed by atoms with van der Waals surface area (Å²) in [6, 6.07) is 5.89. The number of hydrogen-bond donors (Lipinski definition) is 0. The molecule has 1 atom stereocenters. The highest BCUT2D eigenvalue weighted by Gasteiger charge is 2.28. The third-order valence-corrected chi connectivity index (χ3v) is 4.03.